The average molecular weight is 652 g/mol. The summed E-state index contributed by atoms with van der Waals surface area (Å²) in [6.45, 7) is 8.26. The first-order valence-corrected chi connectivity index (χ1v) is 15.7. The smallest absolute Gasteiger partial charge is 0.338 e. The first-order chi connectivity index (χ1) is 21.1. The van der Waals surface area contributed by atoms with Gasteiger partial charge in [0.15, 0.2) is 16.3 Å². The van der Waals surface area contributed by atoms with Gasteiger partial charge in [-0.05, 0) is 72.4 Å². The Morgan fingerprint density at radius 2 is 1.80 bits per heavy atom. The number of carbonyl (C=O) groups is 1. The number of hydrogen-bond donors (Lipinski definition) is 0. The number of allylic oxidation sites excluding steroid dienone is 1. The molecule has 0 spiro atoms. The van der Waals surface area contributed by atoms with Gasteiger partial charge in [-0.15, -0.1) is 0 Å². The Hall–Kier alpha value is -3.85. The molecular formula is C34H32Cl2N2O5S. The predicted molar refractivity (Wildman–Crippen MR) is 175 cm³/mol. The molecule has 0 saturated heterocycles. The van der Waals surface area contributed by atoms with Gasteiger partial charge < -0.3 is 14.2 Å². The van der Waals surface area contributed by atoms with Gasteiger partial charge >= 0.3 is 5.97 Å². The SMILES string of the molecule is CCOC(=O)C1=C(C)N=c2s/c(=C\c3ccc(OCc4ccc(Cl)c(Cl)c4)c(OC)c3)c(=O)n2[C@H]1c1ccc(C(C)C)cc1. The summed E-state index contributed by atoms with van der Waals surface area (Å²) >= 11 is 13.4. The van der Waals surface area contributed by atoms with Crippen LogP contribution in [0.15, 0.2) is 81.7 Å². The lowest BCUT2D eigenvalue weighted by atomic mass is 9.93. The summed E-state index contributed by atoms with van der Waals surface area (Å²) in [5, 5.41) is 0.932. The Labute approximate surface area is 269 Å². The third kappa shape index (κ3) is 6.48. The highest BCUT2D eigenvalue weighted by molar-refractivity contribution is 7.07. The Morgan fingerprint density at radius 1 is 1.05 bits per heavy atom. The van der Waals surface area contributed by atoms with Gasteiger partial charge in [0, 0.05) is 0 Å². The van der Waals surface area contributed by atoms with Crippen LogP contribution in [0.4, 0.5) is 0 Å². The number of thiazole rings is 1. The number of halogens is 2. The summed E-state index contributed by atoms with van der Waals surface area (Å²) in [5.74, 6) is 0.909. The molecule has 4 aromatic rings. The van der Waals surface area contributed by atoms with Crippen LogP contribution in [0.25, 0.3) is 6.08 Å². The van der Waals surface area contributed by atoms with Gasteiger partial charge in [-0.1, -0.05) is 84.8 Å². The molecule has 1 aromatic heterocycles. The lowest BCUT2D eigenvalue weighted by Gasteiger charge is -2.25. The molecule has 0 amide bonds. The van der Waals surface area contributed by atoms with Crippen molar-refractivity contribution < 1.29 is 19.0 Å². The number of rotatable bonds is 9. The van der Waals surface area contributed by atoms with Crippen LogP contribution in [0, 0.1) is 0 Å². The van der Waals surface area contributed by atoms with Crippen molar-refractivity contribution >= 4 is 46.6 Å². The molecule has 7 nitrogen and oxygen atoms in total. The molecule has 0 fully saturated rings. The summed E-state index contributed by atoms with van der Waals surface area (Å²) in [4.78, 5) is 32.3. The van der Waals surface area contributed by atoms with Crippen LogP contribution in [0.5, 0.6) is 11.5 Å². The molecular weight excluding hydrogens is 619 g/mol. The quantitative estimate of drug-likeness (QED) is 0.186. The second-order valence-corrected chi connectivity index (χ2v) is 12.4. The van der Waals surface area contributed by atoms with Crippen molar-refractivity contribution in [2.24, 2.45) is 4.99 Å². The minimum atomic E-state index is -0.666. The average Bonchev–Trinajstić information content (AvgIpc) is 3.31. The van der Waals surface area contributed by atoms with Crippen LogP contribution in [0.1, 0.15) is 61.9 Å². The van der Waals surface area contributed by atoms with Crippen LogP contribution in [-0.2, 0) is 16.1 Å². The van der Waals surface area contributed by atoms with Crippen molar-refractivity contribution in [3.05, 3.63) is 124 Å². The Kier molecular flexibility index (Phi) is 9.63. The number of methoxy groups -OCH3 is 1. The fraction of sp³-hybridized carbons (Fsp3) is 0.265. The minimum absolute atomic E-state index is 0.216. The van der Waals surface area contributed by atoms with E-state index < -0.39 is 12.0 Å². The summed E-state index contributed by atoms with van der Waals surface area (Å²) in [7, 11) is 1.56. The molecule has 0 saturated carbocycles. The van der Waals surface area contributed by atoms with E-state index in [1.807, 2.05) is 36.4 Å². The van der Waals surface area contributed by atoms with E-state index in [2.05, 4.69) is 18.8 Å². The molecule has 228 valence electrons. The molecule has 0 bridgehead atoms. The van der Waals surface area contributed by atoms with E-state index in [9.17, 15) is 9.59 Å². The van der Waals surface area contributed by atoms with Crippen LogP contribution in [0.3, 0.4) is 0 Å². The lowest BCUT2D eigenvalue weighted by Crippen LogP contribution is -2.39. The number of fused-ring (bicyclic) bond motifs is 1. The highest BCUT2D eigenvalue weighted by atomic mass is 35.5. The van der Waals surface area contributed by atoms with E-state index in [0.717, 1.165) is 22.3 Å². The molecule has 0 radical (unpaired) electrons. The van der Waals surface area contributed by atoms with Crippen LogP contribution < -0.4 is 24.4 Å². The molecule has 1 aliphatic heterocycles. The fourth-order valence-corrected chi connectivity index (χ4v) is 6.37. The monoisotopic (exact) mass is 650 g/mol. The van der Waals surface area contributed by atoms with Gasteiger partial charge in [0.2, 0.25) is 0 Å². The van der Waals surface area contributed by atoms with E-state index in [1.165, 1.54) is 11.3 Å². The number of hydrogen-bond acceptors (Lipinski definition) is 7. The zero-order valence-electron chi connectivity index (χ0n) is 25.0. The van der Waals surface area contributed by atoms with E-state index in [1.54, 1.807) is 55.9 Å². The molecule has 10 heteroatoms. The third-order valence-corrected chi connectivity index (χ3v) is 9.02. The van der Waals surface area contributed by atoms with Crippen molar-refractivity contribution in [1.82, 2.24) is 4.57 Å². The molecule has 0 N–H and O–H groups in total. The maximum Gasteiger partial charge on any atom is 0.338 e. The van der Waals surface area contributed by atoms with Crippen LogP contribution >= 0.6 is 34.5 Å². The molecule has 1 atom stereocenters. The normalized spacial score (nSPS) is 14.8. The lowest BCUT2D eigenvalue weighted by molar-refractivity contribution is -0.139. The van der Waals surface area contributed by atoms with Crippen molar-refractivity contribution in [1.29, 1.82) is 0 Å². The van der Waals surface area contributed by atoms with Gasteiger partial charge in [-0.25, -0.2) is 9.79 Å². The van der Waals surface area contributed by atoms with Gasteiger partial charge in [-0.2, -0.15) is 0 Å². The molecule has 0 aliphatic carbocycles. The Morgan fingerprint density at radius 3 is 2.45 bits per heavy atom. The maximum absolute atomic E-state index is 14.0. The van der Waals surface area contributed by atoms with Crippen LogP contribution in [-0.4, -0.2) is 24.3 Å². The van der Waals surface area contributed by atoms with Crippen molar-refractivity contribution in [3.8, 4) is 11.5 Å². The van der Waals surface area contributed by atoms with Crippen molar-refractivity contribution in [2.45, 2.75) is 46.3 Å². The number of nitrogens with zero attached hydrogens (tertiary/aromatic N) is 2. The summed E-state index contributed by atoms with van der Waals surface area (Å²) < 4.78 is 19.0. The van der Waals surface area contributed by atoms with Crippen molar-refractivity contribution in [3.63, 3.8) is 0 Å². The van der Waals surface area contributed by atoms with Gasteiger partial charge in [0.25, 0.3) is 5.56 Å². The third-order valence-electron chi connectivity index (χ3n) is 7.30. The first-order valence-electron chi connectivity index (χ1n) is 14.2. The fourth-order valence-electron chi connectivity index (χ4n) is 5.01. The number of carbonyl (C=O) groups excluding carboxylic acids is 1. The summed E-state index contributed by atoms with van der Waals surface area (Å²) in [6.07, 6.45) is 1.79. The highest BCUT2D eigenvalue weighted by Crippen LogP contribution is 2.32. The number of esters is 1. The molecule has 5 rings (SSSR count). The molecule has 1 aliphatic rings. The molecule has 44 heavy (non-hydrogen) atoms. The van der Waals surface area contributed by atoms with E-state index in [-0.39, 0.29) is 18.8 Å². The molecule has 2 heterocycles. The maximum atomic E-state index is 14.0. The van der Waals surface area contributed by atoms with Gasteiger partial charge in [-0.3, -0.25) is 9.36 Å². The number of aromatic nitrogens is 1. The zero-order chi connectivity index (χ0) is 31.5. The zero-order valence-corrected chi connectivity index (χ0v) is 27.3. The Balaban J connectivity index is 1.53. The second kappa shape index (κ2) is 13.4. The first kappa shape index (κ1) is 31.6. The van der Waals surface area contributed by atoms with Gasteiger partial charge in [0.1, 0.15) is 6.61 Å². The Bertz CT molecular complexity index is 1930. The topological polar surface area (TPSA) is 79.1 Å². The van der Waals surface area contributed by atoms with Crippen LogP contribution in [0.2, 0.25) is 10.0 Å². The number of ether oxygens (including phenoxy) is 3. The molecule has 0 unspecified atom stereocenters. The predicted octanol–water partition coefficient (Wildman–Crippen LogP) is 6.82. The molecule has 3 aromatic carbocycles. The number of benzene rings is 3. The van der Waals surface area contributed by atoms with E-state index in [4.69, 9.17) is 37.4 Å². The summed E-state index contributed by atoms with van der Waals surface area (Å²) in [5.41, 5.74) is 4.21. The minimum Gasteiger partial charge on any atom is -0.493 e. The summed E-state index contributed by atoms with van der Waals surface area (Å²) in [6, 6.07) is 18.1. The van der Waals surface area contributed by atoms with E-state index in [0.29, 0.717) is 48.1 Å². The standard InChI is InChI=1S/C34H32Cl2N2O5S/c1-6-42-33(40)30-20(4)37-34-38(31(30)24-11-9-23(10-12-24)19(2)3)32(39)29(44-34)17-21-8-14-27(28(16-21)41-5)43-18-22-7-13-25(35)26(36)15-22/h7-17,19,31H,6,18H2,1-5H3/b29-17-/t31-/m0/s1. The largest absolute Gasteiger partial charge is 0.493 e. The second-order valence-electron chi connectivity index (χ2n) is 10.6. The van der Waals surface area contributed by atoms with Crippen molar-refractivity contribution in [2.75, 3.05) is 13.7 Å². The highest BCUT2D eigenvalue weighted by Gasteiger charge is 2.33. The van der Waals surface area contributed by atoms with E-state index >= 15 is 0 Å². The van der Waals surface area contributed by atoms with Gasteiger partial charge in [0.05, 0.1) is 45.6 Å².